The number of aromatic nitrogens is 6. The quantitative estimate of drug-likeness (QED) is 0.477. The lowest BCUT2D eigenvalue weighted by Crippen LogP contribution is -2.49. The van der Waals surface area contributed by atoms with Gasteiger partial charge >= 0.3 is 6.18 Å². The van der Waals surface area contributed by atoms with Gasteiger partial charge in [0.25, 0.3) is 0 Å². The highest BCUT2D eigenvalue weighted by Gasteiger charge is 2.37. The molecule has 4 heterocycles. The van der Waals surface area contributed by atoms with E-state index in [2.05, 4.69) is 41.0 Å². The van der Waals surface area contributed by atoms with Crippen molar-refractivity contribution in [2.24, 2.45) is 5.92 Å². The van der Waals surface area contributed by atoms with E-state index in [9.17, 15) is 13.2 Å². The molecule has 0 radical (unpaired) electrons. The maximum Gasteiger partial charge on any atom is 0.421 e. The number of hydrogen-bond donors (Lipinski definition) is 2. The Morgan fingerprint density at radius 3 is 2.70 bits per heavy atom. The summed E-state index contributed by atoms with van der Waals surface area (Å²) in [7, 11) is 1.52. The van der Waals surface area contributed by atoms with Crippen LogP contribution in [0.15, 0.2) is 24.4 Å². The molecule has 13 heteroatoms. The molecule has 1 aromatic carbocycles. The largest absolute Gasteiger partial charge is 0.497 e. The van der Waals surface area contributed by atoms with Crippen LogP contribution in [0.5, 0.6) is 5.75 Å². The summed E-state index contributed by atoms with van der Waals surface area (Å²) in [6.07, 6.45) is 1.74. The molecule has 0 amide bonds. The molecule has 2 aliphatic heterocycles. The van der Waals surface area contributed by atoms with Crippen molar-refractivity contribution >= 4 is 17.5 Å². The van der Waals surface area contributed by atoms with Gasteiger partial charge in [-0.2, -0.15) is 22.8 Å². The minimum atomic E-state index is -4.58. The maximum absolute atomic E-state index is 13.8. The highest BCUT2D eigenvalue weighted by Crippen LogP contribution is 2.36. The van der Waals surface area contributed by atoms with Crippen molar-refractivity contribution in [2.75, 3.05) is 37.4 Å². The summed E-state index contributed by atoms with van der Waals surface area (Å²) < 4.78 is 48.3. The van der Waals surface area contributed by atoms with E-state index >= 15 is 0 Å². The first-order valence-electron chi connectivity index (χ1n) is 12.5. The summed E-state index contributed by atoms with van der Waals surface area (Å²) in [6, 6.07) is 5.58. The smallest absolute Gasteiger partial charge is 0.421 e. The zero-order chi connectivity index (χ0) is 26.0. The molecular formula is C24H30F3N9O. The average Bonchev–Trinajstić information content (AvgIpc) is 3.32. The molecule has 5 rings (SSSR count). The Bertz CT molecular complexity index is 1230. The lowest BCUT2D eigenvalue weighted by atomic mass is 9.83. The summed E-state index contributed by atoms with van der Waals surface area (Å²) in [5, 5.41) is 17.5. The second-order valence-corrected chi connectivity index (χ2v) is 9.52. The Hall–Kier alpha value is -3.48. The van der Waals surface area contributed by atoms with Gasteiger partial charge in [0.1, 0.15) is 17.1 Å². The van der Waals surface area contributed by atoms with Crippen LogP contribution in [0.1, 0.15) is 43.5 Å². The van der Waals surface area contributed by atoms with Crippen LogP contribution in [0.25, 0.3) is 5.69 Å². The highest BCUT2D eigenvalue weighted by atomic mass is 19.4. The lowest BCUT2D eigenvalue weighted by Gasteiger charge is -2.44. The van der Waals surface area contributed by atoms with Gasteiger partial charge in [0.2, 0.25) is 5.95 Å². The molecule has 0 spiro atoms. The molecule has 2 saturated heterocycles. The Morgan fingerprint density at radius 2 is 1.95 bits per heavy atom. The van der Waals surface area contributed by atoms with E-state index in [-0.39, 0.29) is 17.7 Å². The number of piperidine rings is 2. The van der Waals surface area contributed by atoms with E-state index in [1.165, 1.54) is 24.6 Å². The fourth-order valence-corrected chi connectivity index (χ4v) is 5.32. The number of nitrogens with zero attached hydrogens (tertiary/aromatic N) is 7. The molecule has 10 nitrogen and oxygen atoms in total. The Kier molecular flexibility index (Phi) is 7.13. The van der Waals surface area contributed by atoms with Gasteiger partial charge < -0.3 is 20.3 Å². The molecule has 0 bridgehead atoms. The van der Waals surface area contributed by atoms with Crippen molar-refractivity contribution in [2.45, 2.75) is 51.2 Å². The number of nitrogens with one attached hydrogen (secondary N) is 2. The van der Waals surface area contributed by atoms with E-state index in [1.807, 2.05) is 0 Å². The third kappa shape index (κ3) is 5.60. The number of aryl methyl sites for hydroxylation is 1. The fraction of sp³-hybridized carbons (Fsp3) is 0.542. The van der Waals surface area contributed by atoms with Crippen molar-refractivity contribution in [1.29, 1.82) is 0 Å². The molecule has 37 heavy (non-hydrogen) atoms. The summed E-state index contributed by atoms with van der Waals surface area (Å²) >= 11 is 0. The third-order valence-corrected chi connectivity index (χ3v) is 7.11. The molecule has 198 valence electrons. The first-order valence-corrected chi connectivity index (χ1v) is 12.5. The molecule has 2 N–H and O–H groups in total. The van der Waals surface area contributed by atoms with Gasteiger partial charge in [-0.25, -0.2) is 4.98 Å². The molecule has 2 atom stereocenters. The molecule has 2 aliphatic rings. The predicted octanol–water partition coefficient (Wildman–Crippen LogP) is 4.21. The normalized spacial score (nSPS) is 20.4. The summed E-state index contributed by atoms with van der Waals surface area (Å²) in [4.78, 5) is 10.7. The first-order chi connectivity index (χ1) is 17.8. The molecule has 2 aromatic heterocycles. The van der Waals surface area contributed by atoms with E-state index in [1.54, 1.807) is 25.1 Å². The number of tetrazole rings is 1. The van der Waals surface area contributed by atoms with Crippen LogP contribution in [0.2, 0.25) is 0 Å². The predicted molar refractivity (Wildman–Crippen MR) is 131 cm³/mol. The maximum atomic E-state index is 13.8. The van der Waals surface area contributed by atoms with Gasteiger partial charge in [0.15, 0.2) is 5.82 Å². The van der Waals surface area contributed by atoms with Crippen molar-refractivity contribution in [1.82, 2.24) is 35.1 Å². The van der Waals surface area contributed by atoms with Crippen molar-refractivity contribution in [3.05, 3.63) is 35.8 Å². The Labute approximate surface area is 212 Å². The zero-order valence-electron chi connectivity index (χ0n) is 20.8. The van der Waals surface area contributed by atoms with Gasteiger partial charge in [0, 0.05) is 36.6 Å². The van der Waals surface area contributed by atoms with E-state index < -0.39 is 11.7 Å². The van der Waals surface area contributed by atoms with Crippen LogP contribution in [0, 0.1) is 12.8 Å². The van der Waals surface area contributed by atoms with Crippen molar-refractivity contribution < 1.29 is 17.9 Å². The van der Waals surface area contributed by atoms with Crippen LogP contribution >= 0.6 is 0 Å². The number of ether oxygens (including phenoxy) is 1. The number of hydrogen-bond acceptors (Lipinski definition) is 9. The Balaban J connectivity index is 1.39. The first kappa shape index (κ1) is 25.2. The number of halogens is 3. The standard InChI is InChI=1S/C24H30F3N9O/c1-15-32-33-34-36(15)18-10-17(11-19(12-18)37-2)30-23-29-14-20(24(25,26)27)22(31-23)28-13-16-6-5-9-35-8-4-3-7-21(16)35/h10-12,14,16,21H,3-9,13H2,1-2H3,(H2,28,29,30,31)/t16-,21+/m0/s1. The van der Waals surface area contributed by atoms with Gasteiger partial charge in [-0.15, -0.1) is 5.10 Å². The zero-order valence-corrected chi connectivity index (χ0v) is 20.8. The second kappa shape index (κ2) is 10.5. The van der Waals surface area contributed by atoms with Gasteiger partial charge in [0.05, 0.1) is 12.8 Å². The van der Waals surface area contributed by atoms with Crippen LogP contribution < -0.4 is 15.4 Å². The van der Waals surface area contributed by atoms with Gasteiger partial charge in [-0.05, 0) is 68.1 Å². The molecule has 0 unspecified atom stereocenters. The molecule has 2 fully saturated rings. The van der Waals surface area contributed by atoms with Crippen LogP contribution in [-0.4, -0.2) is 67.9 Å². The third-order valence-electron chi connectivity index (χ3n) is 7.11. The minimum absolute atomic E-state index is 0.0334. The van der Waals surface area contributed by atoms with Crippen LogP contribution in [0.3, 0.4) is 0 Å². The summed E-state index contributed by atoms with van der Waals surface area (Å²) in [5.41, 5.74) is 0.244. The summed E-state index contributed by atoms with van der Waals surface area (Å²) in [6.45, 7) is 4.33. The number of benzene rings is 1. The van der Waals surface area contributed by atoms with Crippen LogP contribution in [-0.2, 0) is 6.18 Å². The van der Waals surface area contributed by atoms with Gasteiger partial charge in [-0.1, -0.05) is 6.42 Å². The van der Waals surface area contributed by atoms with E-state index in [4.69, 9.17) is 4.74 Å². The lowest BCUT2D eigenvalue weighted by molar-refractivity contribution is -0.137. The summed E-state index contributed by atoms with van der Waals surface area (Å²) in [5.74, 6) is 1.16. The number of alkyl halides is 3. The van der Waals surface area contributed by atoms with E-state index in [0.29, 0.717) is 35.5 Å². The number of fused-ring (bicyclic) bond motifs is 1. The SMILES string of the molecule is COc1cc(Nc2ncc(C(F)(F)F)c(NC[C@@H]3CCCN4CCCC[C@H]34)n2)cc(-n2nnnc2C)c1. The van der Waals surface area contributed by atoms with Gasteiger partial charge in [-0.3, -0.25) is 0 Å². The Morgan fingerprint density at radius 1 is 1.11 bits per heavy atom. The fourth-order valence-electron chi connectivity index (χ4n) is 5.32. The van der Waals surface area contributed by atoms with Crippen molar-refractivity contribution in [3.8, 4) is 11.4 Å². The average molecular weight is 518 g/mol. The number of anilines is 3. The highest BCUT2D eigenvalue weighted by molar-refractivity contribution is 5.62. The van der Waals surface area contributed by atoms with Crippen LogP contribution in [0.4, 0.5) is 30.6 Å². The molecule has 0 saturated carbocycles. The minimum Gasteiger partial charge on any atom is -0.497 e. The molecule has 3 aromatic rings. The molecular weight excluding hydrogens is 487 g/mol. The second-order valence-electron chi connectivity index (χ2n) is 9.52. The number of rotatable bonds is 7. The van der Waals surface area contributed by atoms with E-state index in [0.717, 1.165) is 38.5 Å². The monoisotopic (exact) mass is 517 g/mol. The molecule has 0 aliphatic carbocycles. The topological polar surface area (TPSA) is 106 Å². The van der Waals surface area contributed by atoms with Crippen molar-refractivity contribution in [3.63, 3.8) is 0 Å². The number of methoxy groups -OCH3 is 1.